The first-order chi connectivity index (χ1) is 16.9. The molecule has 0 spiro atoms. The first-order valence-electron chi connectivity index (χ1n) is 11.7. The number of benzene rings is 1. The van der Waals surface area contributed by atoms with E-state index in [9.17, 15) is 9.59 Å². The lowest BCUT2D eigenvalue weighted by atomic mass is 10.1. The van der Waals surface area contributed by atoms with Crippen LogP contribution in [0.25, 0.3) is 5.69 Å². The molecule has 2 amide bonds. The minimum absolute atomic E-state index is 0.0156. The Hall–Kier alpha value is -3.99. The molecule has 2 aromatic heterocycles. The Labute approximate surface area is 202 Å². The largest absolute Gasteiger partial charge is 0.361 e. The third-order valence-corrected chi connectivity index (χ3v) is 6.21. The van der Waals surface area contributed by atoms with Crippen molar-refractivity contribution >= 4 is 34.7 Å². The molecule has 1 atom stereocenters. The van der Waals surface area contributed by atoms with Gasteiger partial charge in [0.25, 0.3) is 5.91 Å². The van der Waals surface area contributed by atoms with Crippen LogP contribution in [0, 0.1) is 12.8 Å². The Kier molecular flexibility index (Phi) is 5.85. The highest BCUT2D eigenvalue weighted by Crippen LogP contribution is 2.42. The molecule has 3 N–H and O–H groups in total. The fourth-order valence-electron chi connectivity index (χ4n) is 4.14. The molecule has 3 aromatic rings. The molecule has 1 fully saturated rings. The van der Waals surface area contributed by atoms with Gasteiger partial charge >= 0.3 is 0 Å². The Morgan fingerprint density at radius 3 is 2.77 bits per heavy atom. The molecule has 3 heterocycles. The van der Waals surface area contributed by atoms with Crippen LogP contribution >= 0.6 is 0 Å². The molecule has 1 aliphatic carbocycles. The van der Waals surface area contributed by atoms with Crippen LogP contribution < -0.4 is 21.0 Å². The summed E-state index contributed by atoms with van der Waals surface area (Å²) in [6.45, 7) is 6.05. The van der Waals surface area contributed by atoms with Gasteiger partial charge in [0.15, 0.2) is 5.82 Å². The normalized spacial score (nSPS) is 16.3. The standard InChI is InChI=1S/C24H28N8O3/c1-5-35-30-24(34)16-12-25-20(28-23(33)15-9-10-15)11-18(16)27-17-7-6-8-19-21(17)31(4)13(2)22-26-14(3)29-32(19)22/h6-8,11-13,15H,5,9-10H2,1-4H3,(H,30,34)(H2,25,27,28,33)/t13-/m0/s1. The number of rotatable bonds is 7. The lowest BCUT2D eigenvalue weighted by Crippen LogP contribution is -2.31. The maximum Gasteiger partial charge on any atom is 0.278 e. The Bertz CT molecular complexity index is 1300. The van der Waals surface area contributed by atoms with E-state index in [0.717, 1.165) is 35.7 Å². The van der Waals surface area contributed by atoms with E-state index in [2.05, 4.69) is 43.0 Å². The number of carbonyl (C=O) groups is 2. The number of anilines is 4. The molecule has 1 saturated carbocycles. The molecule has 0 saturated heterocycles. The second-order valence-electron chi connectivity index (χ2n) is 8.76. The second-order valence-corrected chi connectivity index (χ2v) is 8.76. The van der Waals surface area contributed by atoms with Crippen molar-refractivity contribution in [3.63, 3.8) is 0 Å². The first-order valence-corrected chi connectivity index (χ1v) is 11.7. The van der Waals surface area contributed by atoms with Gasteiger partial charge in [-0.3, -0.25) is 14.4 Å². The maximum atomic E-state index is 12.8. The van der Waals surface area contributed by atoms with Crippen LogP contribution in [-0.4, -0.2) is 45.2 Å². The molecule has 1 aliphatic heterocycles. The third kappa shape index (κ3) is 4.30. The zero-order chi connectivity index (χ0) is 24.7. The number of nitrogens with zero attached hydrogens (tertiary/aromatic N) is 5. The van der Waals surface area contributed by atoms with E-state index in [-0.39, 0.29) is 23.4 Å². The number of amides is 2. The molecule has 0 bridgehead atoms. The van der Waals surface area contributed by atoms with Gasteiger partial charge in [0.05, 0.1) is 41.0 Å². The van der Waals surface area contributed by atoms with Crippen LogP contribution in [0.4, 0.5) is 22.9 Å². The Balaban J connectivity index is 1.55. The number of hydrogen-bond donors (Lipinski definition) is 3. The van der Waals surface area contributed by atoms with Gasteiger partial charge in [-0.15, -0.1) is 0 Å². The van der Waals surface area contributed by atoms with Gasteiger partial charge in [-0.05, 0) is 45.7 Å². The molecule has 11 nitrogen and oxygen atoms in total. The minimum atomic E-state index is -0.442. The highest BCUT2D eigenvalue weighted by molar-refractivity contribution is 6.01. The van der Waals surface area contributed by atoms with Crippen molar-refractivity contribution in [2.24, 2.45) is 5.92 Å². The van der Waals surface area contributed by atoms with Crippen LogP contribution in [0.5, 0.6) is 0 Å². The number of hydrogen-bond acceptors (Lipinski definition) is 8. The number of para-hydroxylation sites is 1. The molecule has 2 aliphatic rings. The number of carbonyl (C=O) groups excluding carboxylic acids is 2. The van der Waals surface area contributed by atoms with Gasteiger partial charge in [0.2, 0.25) is 5.91 Å². The van der Waals surface area contributed by atoms with E-state index >= 15 is 0 Å². The summed E-state index contributed by atoms with van der Waals surface area (Å²) in [5.41, 5.74) is 5.74. The second kappa shape index (κ2) is 8.99. The van der Waals surface area contributed by atoms with Gasteiger partial charge in [-0.2, -0.15) is 5.10 Å². The first kappa shape index (κ1) is 22.8. The van der Waals surface area contributed by atoms with E-state index in [1.54, 1.807) is 13.0 Å². The van der Waals surface area contributed by atoms with Crippen LogP contribution in [-0.2, 0) is 9.63 Å². The summed E-state index contributed by atoms with van der Waals surface area (Å²) in [6, 6.07) is 7.49. The van der Waals surface area contributed by atoms with Gasteiger partial charge in [-0.1, -0.05) is 6.07 Å². The van der Waals surface area contributed by atoms with E-state index in [1.165, 1.54) is 6.20 Å². The predicted octanol–water partition coefficient (Wildman–Crippen LogP) is 3.25. The Morgan fingerprint density at radius 1 is 1.23 bits per heavy atom. The van der Waals surface area contributed by atoms with Crippen molar-refractivity contribution in [1.82, 2.24) is 25.2 Å². The van der Waals surface area contributed by atoms with E-state index < -0.39 is 5.91 Å². The summed E-state index contributed by atoms with van der Waals surface area (Å²) in [5, 5.41) is 10.8. The SMILES string of the molecule is CCONC(=O)c1cnc(NC(=O)C2CC2)cc1Nc1cccc2c1N(C)[C@@H](C)c1nc(C)nn1-2. The molecule has 35 heavy (non-hydrogen) atoms. The van der Waals surface area contributed by atoms with E-state index in [4.69, 9.17) is 4.84 Å². The molecule has 0 radical (unpaired) electrons. The van der Waals surface area contributed by atoms with Gasteiger partial charge in [0, 0.05) is 25.2 Å². The monoisotopic (exact) mass is 476 g/mol. The topological polar surface area (TPSA) is 126 Å². The fourth-order valence-corrected chi connectivity index (χ4v) is 4.14. The quantitative estimate of drug-likeness (QED) is 0.444. The summed E-state index contributed by atoms with van der Waals surface area (Å²) in [7, 11) is 2.00. The van der Waals surface area contributed by atoms with Crippen LogP contribution in [0.1, 0.15) is 54.7 Å². The number of fused-ring (bicyclic) bond motifs is 3. The molecular weight excluding hydrogens is 448 g/mol. The van der Waals surface area contributed by atoms with Crippen molar-refractivity contribution in [2.75, 3.05) is 29.2 Å². The fraction of sp³-hybridized carbons (Fsp3) is 0.375. The van der Waals surface area contributed by atoms with Crippen molar-refractivity contribution in [2.45, 2.75) is 39.7 Å². The smallest absolute Gasteiger partial charge is 0.278 e. The van der Waals surface area contributed by atoms with E-state index in [0.29, 0.717) is 23.9 Å². The average Bonchev–Trinajstić information content (AvgIpc) is 3.62. The third-order valence-electron chi connectivity index (χ3n) is 6.21. The molecule has 5 rings (SSSR count). The zero-order valence-corrected chi connectivity index (χ0v) is 20.1. The highest BCUT2D eigenvalue weighted by Gasteiger charge is 2.32. The molecular formula is C24H28N8O3. The predicted molar refractivity (Wildman–Crippen MR) is 131 cm³/mol. The number of aromatic nitrogens is 4. The lowest BCUT2D eigenvalue weighted by molar-refractivity contribution is -0.117. The molecule has 182 valence electrons. The zero-order valence-electron chi connectivity index (χ0n) is 20.1. The molecule has 1 aromatic carbocycles. The van der Waals surface area contributed by atoms with Gasteiger partial charge < -0.3 is 15.5 Å². The van der Waals surface area contributed by atoms with E-state index in [1.807, 2.05) is 36.9 Å². The summed E-state index contributed by atoms with van der Waals surface area (Å²) in [4.78, 5) is 41.2. The molecule has 11 heteroatoms. The van der Waals surface area contributed by atoms with Gasteiger partial charge in [-0.25, -0.2) is 20.1 Å². The maximum absolute atomic E-state index is 12.8. The minimum Gasteiger partial charge on any atom is -0.361 e. The van der Waals surface area contributed by atoms with Crippen LogP contribution in [0.15, 0.2) is 30.5 Å². The van der Waals surface area contributed by atoms with Crippen molar-refractivity contribution in [3.05, 3.63) is 47.7 Å². The number of hydroxylamine groups is 1. The average molecular weight is 477 g/mol. The summed E-state index contributed by atoms with van der Waals surface area (Å²) < 4.78 is 1.86. The number of pyridine rings is 1. The number of nitrogens with one attached hydrogen (secondary N) is 3. The molecule has 0 unspecified atom stereocenters. The van der Waals surface area contributed by atoms with Crippen LogP contribution in [0.2, 0.25) is 0 Å². The van der Waals surface area contributed by atoms with Crippen molar-refractivity contribution in [1.29, 1.82) is 0 Å². The van der Waals surface area contributed by atoms with Gasteiger partial charge in [0.1, 0.15) is 11.6 Å². The number of aryl methyl sites for hydroxylation is 1. The summed E-state index contributed by atoms with van der Waals surface area (Å²) in [6.07, 6.45) is 3.20. The van der Waals surface area contributed by atoms with Crippen molar-refractivity contribution < 1.29 is 14.4 Å². The summed E-state index contributed by atoms with van der Waals surface area (Å²) in [5.74, 6) is 1.47. The summed E-state index contributed by atoms with van der Waals surface area (Å²) >= 11 is 0. The lowest BCUT2D eigenvalue weighted by Gasteiger charge is -2.35. The Morgan fingerprint density at radius 2 is 2.03 bits per heavy atom. The highest BCUT2D eigenvalue weighted by atomic mass is 16.6. The van der Waals surface area contributed by atoms with Crippen molar-refractivity contribution in [3.8, 4) is 5.69 Å². The van der Waals surface area contributed by atoms with Crippen LogP contribution in [0.3, 0.4) is 0 Å².